The van der Waals surface area contributed by atoms with Gasteiger partial charge >= 0.3 is 0 Å². The van der Waals surface area contributed by atoms with Crippen LogP contribution in [0.15, 0.2) is 69.9 Å². The van der Waals surface area contributed by atoms with Crippen LogP contribution in [0.4, 0.5) is 0 Å². The normalized spacial score (nSPS) is 10.7. The summed E-state index contributed by atoms with van der Waals surface area (Å²) < 4.78 is 27.8. The molecule has 1 N–H and O–H groups in total. The third-order valence-electron chi connectivity index (χ3n) is 5.02. The number of fused-ring (bicyclic) bond motifs is 1. The molecule has 164 valence electrons. The average molecular weight is 434 g/mol. The molecule has 0 aliphatic heterocycles. The number of methoxy groups -OCH3 is 3. The van der Waals surface area contributed by atoms with Gasteiger partial charge < -0.3 is 28.5 Å². The Morgan fingerprint density at radius 3 is 2.19 bits per heavy atom. The molecule has 0 atom stereocenters. The first kappa shape index (κ1) is 21.1. The summed E-state index contributed by atoms with van der Waals surface area (Å²) in [5.41, 5.74) is 1.14. The van der Waals surface area contributed by atoms with E-state index >= 15 is 0 Å². The first-order valence-electron chi connectivity index (χ1n) is 9.82. The summed E-state index contributed by atoms with van der Waals surface area (Å²) in [6, 6.07) is 17.8. The molecule has 0 saturated heterocycles. The number of benzene rings is 3. The van der Waals surface area contributed by atoms with Gasteiger partial charge in [-0.15, -0.1) is 0 Å². The fourth-order valence-electron chi connectivity index (χ4n) is 3.40. The largest absolute Gasteiger partial charge is 0.502 e. The number of ether oxygens (including phenoxy) is 4. The van der Waals surface area contributed by atoms with Gasteiger partial charge in [0.25, 0.3) is 0 Å². The SMILES string of the molecule is COc1cc(-c2oc3cc(OCc4ccccc4)ccc3c(=O)c2O)cc(OC)c1OC. The Hall–Kier alpha value is -4.13. The minimum Gasteiger partial charge on any atom is -0.502 e. The van der Waals surface area contributed by atoms with Crippen molar-refractivity contribution in [3.05, 3.63) is 76.5 Å². The summed E-state index contributed by atoms with van der Waals surface area (Å²) in [5.74, 6) is 1.13. The molecular formula is C25H22O7. The second kappa shape index (κ2) is 8.93. The van der Waals surface area contributed by atoms with Gasteiger partial charge in [-0.3, -0.25) is 4.79 Å². The molecule has 0 radical (unpaired) electrons. The van der Waals surface area contributed by atoms with Gasteiger partial charge in [-0.1, -0.05) is 30.3 Å². The molecule has 32 heavy (non-hydrogen) atoms. The van der Waals surface area contributed by atoms with Gasteiger partial charge in [0.05, 0.1) is 26.7 Å². The molecule has 1 heterocycles. The first-order valence-corrected chi connectivity index (χ1v) is 9.82. The fourth-order valence-corrected chi connectivity index (χ4v) is 3.40. The summed E-state index contributed by atoms with van der Waals surface area (Å²) in [6.07, 6.45) is 0. The Morgan fingerprint density at radius 2 is 1.56 bits per heavy atom. The van der Waals surface area contributed by atoms with E-state index in [0.29, 0.717) is 35.2 Å². The number of hydrogen-bond acceptors (Lipinski definition) is 7. The summed E-state index contributed by atoms with van der Waals surface area (Å²) >= 11 is 0. The topological polar surface area (TPSA) is 87.4 Å². The Kier molecular flexibility index (Phi) is 5.89. The predicted octanol–water partition coefficient (Wildman–Crippen LogP) is 4.77. The van der Waals surface area contributed by atoms with E-state index < -0.39 is 11.2 Å². The highest BCUT2D eigenvalue weighted by Crippen LogP contribution is 2.43. The quantitative estimate of drug-likeness (QED) is 0.448. The van der Waals surface area contributed by atoms with Crippen LogP contribution in [-0.2, 0) is 6.61 Å². The van der Waals surface area contributed by atoms with Crippen molar-refractivity contribution in [3.8, 4) is 40.1 Å². The molecular weight excluding hydrogens is 412 g/mol. The van der Waals surface area contributed by atoms with E-state index in [4.69, 9.17) is 23.4 Å². The first-order chi connectivity index (χ1) is 15.5. The van der Waals surface area contributed by atoms with Crippen molar-refractivity contribution in [2.75, 3.05) is 21.3 Å². The molecule has 0 aliphatic carbocycles. The lowest BCUT2D eigenvalue weighted by Gasteiger charge is -2.14. The zero-order valence-corrected chi connectivity index (χ0v) is 17.9. The summed E-state index contributed by atoms with van der Waals surface area (Å²) in [6.45, 7) is 0.369. The van der Waals surface area contributed by atoms with Gasteiger partial charge in [-0.2, -0.15) is 0 Å². The van der Waals surface area contributed by atoms with Crippen molar-refractivity contribution in [2.24, 2.45) is 0 Å². The van der Waals surface area contributed by atoms with E-state index in [0.717, 1.165) is 5.56 Å². The second-order valence-corrected chi connectivity index (χ2v) is 6.96. The molecule has 4 aromatic rings. The van der Waals surface area contributed by atoms with Crippen LogP contribution in [0.3, 0.4) is 0 Å². The zero-order valence-electron chi connectivity index (χ0n) is 17.9. The van der Waals surface area contributed by atoms with Crippen LogP contribution in [-0.4, -0.2) is 26.4 Å². The minimum absolute atomic E-state index is 0.0121. The van der Waals surface area contributed by atoms with E-state index in [1.165, 1.54) is 21.3 Å². The van der Waals surface area contributed by atoms with Crippen molar-refractivity contribution in [2.45, 2.75) is 6.61 Å². The molecule has 0 fully saturated rings. The van der Waals surface area contributed by atoms with Crippen LogP contribution >= 0.6 is 0 Å². The van der Waals surface area contributed by atoms with Crippen LogP contribution in [0.2, 0.25) is 0 Å². The lowest BCUT2D eigenvalue weighted by molar-refractivity contribution is 0.306. The smallest absolute Gasteiger partial charge is 0.235 e. The van der Waals surface area contributed by atoms with Gasteiger partial charge in [-0.25, -0.2) is 0 Å². The van der Waals surface area contributed by atoms with Crippen LogP contribution in [0, 0.1) is 0 Å². The van der Waals surface area contributed by atoms with Crippen LogP contribution in [0.1, 0.15) is 5.56 Å². The number of aromatic hydroxyl groups is 1. The van der Waals surface area contributed by atoms with E-state index in [1.807, 2.05) is 30.3 Å². The van der Waals surface area contributed by atoms with Gasteiger partial charge in [-0.05, 0) is 29.8 Å². The lowest BCUT2D eigenvalue weighted by Crippen LogP contribution is -2.04. The minimum atomic E-state index is -0.551. The summed E-state index contributed by atoms with van der Waals surface area (Å²) in [4.78, 5) is 12.8. The molecule has 7 nitrogen and oxygen atoms in total. The highest BCUT2D eigenvalue weighted by molar-refractivity contribution is 5.83. The van der Waals surface area contributed by atoms with Crippen LogP contribution in [0.25, 0.3) is 22.3 Å². The Bertz CT molecular complexity index is 1280. The molecule has 0 spiro atoms. The Balaban J connectivity index is 1.78. The molecule has 0 unspecified atom stereocenters. The van der Waals surface area contributed by atoms with Crippen molar-refractivity contribution >= 4 is 11.0 Å². The Morgan fingerprint density at radius 1 is 0.875 bits per heavy atom. The van der Waals surface area contributed by atoms with Crippen molar-refractivity contribution in [1.82, 2.24) is 0 Å². The van der Waals surface area contributed by atoms with E-state index in [9.17, 15) is 9.90 Å². The molecule has 0 aliphatic rings. The summed E-state index contributed by atoms with van der Waals surface area (Å²) in [7, 11) is 4.45. The predicted molar refractivity (Wildman–Crippen MR) is 120 cm³/mol. The molecule has 0 amide bonds. The zero-order chi connectivity index (χ0) is 22.7. The van der Waals surface area contributed by atoms with Crippen LogP contribution in [0.5, 0.6) is 28.7 Å². The van der Waals surface area contributed by atoms with Crippen molar-refractivity contribution in [3.63, 3.8) is 0 Å². The maximum atomic E-state index is 12.8. The molecule has 0 saturated carbocycles. The third kappa shape index (κ3) is 3.92. The standard InChI is InChI=1S/C25H22O7/c1-28-20-11-16(12-21(29-2)25(20)30-3)24-23(27)22(26)18-10-9-17(13-19(18)32-24)31-14-15-7-5-4-6-8-15/h4-13,27H,14H2,1-3H3. The summed E-state index contributed by atoms with van der Waals surface area (Å²) in [5, 5.41) is 10.8. The van der Waals surface area contributed by atoms with Crippen molar-refractivity contribution in [1.29, 1.82) is 0 Å². The fraction of sp³-hybridized carbons (Fsp3) is 0.160. The maximum absolute atomic E-state index is 12.8. The molecule has 1 aromatic heterocycles. The van der Waals surface area contributed by atoms with E-state index in [1.54, 1.807) is 30.3 Å². The molecule has 4 rings (SSSR count). The number of rotatable bonds is 7. The average Bonchev–Trinajstić information content (AvgIpc) is 2.84. The molecule has 3 aromatic carbocycles. The van der Waals surface area contributed by atoms with E-state index in [2.05, 4.69) is 0 Å². The molecule has 7 heteroatoms. The Labute approximate surface area is 184 Å². The highest BCUT2D eigenvalue weighted by Gasteiger charge is 2.20. The lowest BCUT2D eigenvalue weighted by atomic mass is 10.1. The number of hydrogen-bond donors (Lipinski definition) is 1. The second-order valence-electron chi connectivity index (χ2n) is 6.96. The van der Waals surface area contributed by atoms with Gasteiger partial charge in [0.1, 0.15) is 17.9 Å². The monoisotopic (exact) mass is 434 g/mol. The van der Waals surface area contributed by atoms with Gasteiger partial charge in [0, 0.05) is 11.6 Å². The third-order valence-corrected chi connectivity index (χ3v) is 5.02. The van der Waals surface area contributed by atoms with Crippen LogP contribution < -0.4 is 24.4 Å². The van der Waals surface area contributed by atoms with Gasteiger partial charge in [0.2, 0.25) is 16.9 Å². The van der Waals surface area contributed by atoms with Crippen molar-refractivity contribution < 1.29 is 28.5 Å². The molecule has 0 bridgehead atoms. The van der Waals surface area contributed by atoms with E-state index in [-0.39, 0.29) is 16.7 Å². The maximum Gasteiger partial charge on any atom is 0.235 e. The van der Waals surface area contributed by atoms with Gasteiger partial charge in [0.15, 0.2) is 17.3 Å². The highest BCUT2D eigenvalue weighted by atomic mass is 16.5.